The molecule has 1 aliphatic rings. The molecule has 5 nitrogen and oxygen atoms in total. The monoisotopic (exact) mass is 234 g/mol. The zero-order chi connectivity index (χ0) is 12.3. The van der Waals surface area contributed by atoms with E-state index in [2.05, 4.69) is 15.3 Å². The van der Waals surface area contributed by atoms with E-state index >= 15 is 0 Å². The number of nitrogens with one attached hydrogen (secondary N) is 1. The highest BCUT2D eigenvalue weighted by Crippen LogP contribution is 2.39. The largest absolute Gasteiger partial charge is 0.350 e. The van der Waals surface area contributed by atoms with E-state index < -0.39 is 0 Å². The lowest BCUT2D eigenvalue weighted by molar-refractivity contribution is -0.135. The summed E-state index contributed by atoms with van der Waals surface area (Å²) in [4.78, 5) is 20.3. The first-order valence-electron chi connectivity index (χ1n) is 5.92. The SMILES string of the molecule is Cc1cnc(CNC(=O)C2(CN)CCC2)cn1. The minimum atomic E-state index is -0.321. The summed E-state index contributed by atoms with van der Waals surface area (Å²) < 4.78 is 0. The highest BCUT2D eigenvalue weighted by Gasteiger charge is 2.42. The van der Waals surface area contributed by atoms with E-state index in [-0.39, 0.29) is 11.3 Å². The van der Waals surface area contributed by atoms with Crippen molar-refractivity contribution in [3.8, 4) is 0 Å². The van der Waals surface area contributed by atoms with Crippen LogP contribution in [0.4, 0.5) is 0 Å². The Bertz CT molecular complexity index is 392. The fourth-order valence-electron chi connectivity index (χ4n) is 2.00. The number of hydrogen-bond donors (Lipinski definition) is 2. The molecule has 1 aromatic heterocycles. The minimum absolute atomic E-state index is 0.0497. The molecule has 0 bridgehead atoms. The molecule has 0 unspecified atom stereocenters. The quantitative estimate of drug-likeness (QED) is 0.796. The van der Waals surface area contributed by atoms with Crippen LogP contribution in [0.2, 0.25) is 0 Å². The summed E-state index contributed by atoms with van der Waals surface area (Å²) in [5.41, 5.74) is 6.99. The number of hydrogen-bond acceptors (Lipinski definition) is 4. The van der Waals surface area contributed by atoms with Gasteiger partial charge in [-0.2, -0.15) is 0 Å². The molecule has 1 amide bonds. The Labute approximate surface area is 101 Å². The summed E-state index contributed by atoms with van der Waals surface area (Å²) in [6, 6.07) is 0. The van der Waals surface area contributed by atoms with Gasteiger partial charge in [0, 0.05) is 12.7 Å². The van der Waals surface area contributed by atoms with Gasteiger partial charge in [0.2, 0.25) is 5.91 Å². The lowest BCUT2D eigenvalue weighted by Crippen LogP contribution is -2.50. The van der Waals surface area contributed by atoms with E-state index in [0.29, 0.717) is 13.1 Å². The van der Waals surface area contributed by atoms with Crippen molar-refractivity contribution in [3.05, 3.63) is 23.8 Å². The summed E-state index contributed by atoms with van der Waals surface area (Å²) >= 11 is 0. The van der Waals surface area contributed by atoms with Crippen molar-refractivity contribution in [1.29, 1.82) is 0 Å². The molecule has 0 spiro atoms. The molecule has 1 aromatic rings. The van der Waals surface area contributed by atoms with Gasteiger partial charge in [-0.25, -0.2) is 0 Å². The average molecular weight is 234 g/mol. The van der Waals surface area contributed by atoms with E-state index in [9.17, 15) is 4.79 Å². The molecule has 0 atom stereocenters. The molecule has 1 aliphatic carbocycles. The molecule has 1 fully saturated rings. The zero-order valence-corrected chi connectivity index (χ0v) is 10.1. The van der Waals surface area contributed by atoms with Gasteiger partial charge in [0.05, 0.1) is 29.5 Å². The molecular weight excluding hydrogens is 216 g/mol. The molecular formula is C12H18N4O. The molecule has 92 valence electrons. The normalized spacial score (nSPS) is 17.3. The Kier molecular flexibility index (Phi) is 3.38. The van der Waals surface area contributed by atoms with Gasteiger partial charge in [0.15, 0.2) is 0 Å². The van der Waals surface area contributed by atoms with Gasteiger partial charge in [-0.1, -0.05) is 6.42 Å². The van der Waals surface area contributed by atoms with Gasteiger partial charge in [0.1, 0.15) is 0 Å². The van der Waals surface area contributed by atoms with Crippen LogP contribution in [0.5, 0.6) is 0 Å². The smallest absolute Gasteiger partial charge is 0.227 e. The van der Waals surface area contributed by atoms with Gasteiger partial charge in [-0.15, -0.1) is 0 Å². The molecule has 0 aliphatic heterocycles. The second kappa shape index (κ2) is 4.79. The van der Waals surface area contributed by atoms with E-state index in [1.54, 1.807) is 12.4 Å². The van der Waals surface area contributed by atoms with Crippen LogP contribution in [0, 0.1) is 12.3 Å². The molecule has 0 saturated heterocycles. The van der Waals surface area contributed by atoms with Gasteiger partial charge < -0.3 is 11.1 Å². The zero-order valence-electron chi connectivity index (χ0n) is 10.1. The van der Waals surface area contributed by atoms with Crippen LogP contribution in [-0.2, 0) is 11.3 Å². The summed E-state index contributed by atoms with van der Waals surface area (Å²) in [7, 11) is 0. The topological polar surface area (TPSA) is 80.9 Å². The fourth-order valence-corrected chi connectivity index (χ4v) is 2.00. The van der Waals surface area contributed by atoms with Crippen molar-refractivity contribution >= 4 is 5.91 Å². The average Bonchev–Trinajstić information content (AvgIpc) is 2.27. The van der Waals surface area contributed by atoms with Crippen LogP contribution < -0.4 is 11.1 Å². The lowest BCUT2D eigenvalue weighted by Gasteiger charge is -2.39. The second-order valence-corrected chi connectivity index (χ2v) is 4.67. The Morgan fingerprint density at radius 1 is 1.47 bits per heavy atom. The number of aromatic nitrogens is 2. The highest BCUT2D eigenvalue weighted by atomic mass is 16.2. The Morgan fingerprint density at radius 3 is 2.71 bits per heavy atom. The van der Waals surface area contributed by atoms with Crippen molar-refractivity contribution < 1.29 is 4.79 Å². The number of carbonyl (C=O) groups is 1. The molecule has 1 saturated carbocycles. The standard InChI is InChI=1S/C12H18N4O/c1-9-5-15-10(6-14-9)7-16-11(17)12(8-13)3-2-4-12/h5-6H,2-4,7-8,13H2,1H3,(H,16,17). The molecule has 2 rings (SSSR count). The van der Waals surface area contributed by atoms with Crippen molar-refractivity contribution in [2.75, 3.05) is 6.54 Å². The third-order valence-electron chi connectivity index (χ3n) is 3.45. The van der Waals surface area contributed by atoms with Gasteiger partial charge in [0.25, 0.3) is 0 Å². The Hall–Kier alpha value is -1.49. The highest BCUT2D eigenvalue weighted by molar-refractivity contribution is 5.83. The van der Waals surface area contributed by atoms with Crippen molar-refractivity contribution in [2.24, 2.45) is 11.1 Å². The number of rotatable bonds is 4. The first kappa shape index (κ1) is 12.0. The number of aryl methyl sites for hydroxylation is 1. The van der Waals surface area contributed by atoms with Gasteiger partial charge in [-0.3, -0.25) is 14.8 Å². The van der Waals surface area contributed by atoms with Crippen molar-refractivity contribution in [3.63, 3.8) is 0 Å². The third-order valence-corrected chi connectivity index (χ3v) is 3.45. The second-order valence-electron chi connectivity index (χ2n) is 4.67. The van der Waals surface area contributed by atoms with Crippen LogP contribution >= 0.6 is 0 Å². The fraction of sp³-hybridized carbons (Fsp3) is 0.583. The predicted molar refractivity (Wildman–Crippen MR) is 64.0 cm³/mol. The van der Waals surface area contributed by atoms with Crippen LogP contribution in [0.3, 0.4) is 0 Å². The summed E-state index contributed by atoms with van der Waals surface area (Å²) in [5.74, 6) is 0.0497. The van der Waals surface area contributed by atoms with Crippen LogP contribution in [0.25, 0.3) is 0 Å². The molecule has 3 N–H and O–H groups in total. The molecule has 0 radical (unpaired) electrons. The van der Waals surface area contributed by atoms with Crippen LogP contribution in [0.15, 0.2) is 12.4 Å². The Morgan fingerprint density at radius 2 is 2.24 bits per heavy atom. The molecule has 17 heavy (non-hydrogen) atoms. The third kappa shape index (κ3) is 2.44. The van der Waals surface area contributed by atoms with E-state index in [4.69, 9.17) is 5.73 Å². The van der Waals surface area contributed by atoms with E-state index in [1.807, 2.05) is 6.92 Å². The summed E-state index contributed by atoms with van der Waals surface area (Å²) in [5, 5.41) is 2.89. The number of nitrogens with two attached hydrogens (primary N) is 1. The first-order chi connectivity index (χ1) is 8.16. The van der Waals surface area contributed by atoms with E-state index in [1.165, 1.54) is 0 Å². The van der Waals surface area contributed by atoms with Crippen LogP contribution in [0.1, 0.15) is 30.7 Å². The Balaban J connectivity index is 1.90. The first-order valence-corrected chi connectivity index (χ1v) is 5.92. The maximum atomic E-state index is 12.0. The van der Waals surface area contributed by atoms with Crippen molar-refractivity contribution in [2.45, 2.75) is 32.7 Å². The maximum Gasteiger partial charge on any atom is 0.227 e. The molecule has 0 aromatic carbocycles. The number of nitrogens with zero attached hydrogens (tertiary/aromatic N) is 2. The summed E-state index contributed by atoms with van der Waals surface area (Å²) in [6.07, 6.45) is 6.27. The lowest BCUT2D eigenvalue weighted by atomic mass is 9.68. The number of amides is 1. The predicted octanol–water partition coefficient (Wildman–Crippen LogP) is 0.530. The summed E-state index contributed by atoms with van der Waals surface area (Å²) in [6.45, 7) is 2.74. The van der Waals surface area contributed by atoms with Gasteiger partial charge >= 0.3 is 0 Å². The van der Waals surface area contributed by atoms with Gasteiger partial charge in [-0.05, 0) is 19.8 Å². The van der Waals surface area contributed by atoms with E-state index in [0.717, 1.165) is 30.7 Å². The van der Waals surface area contributed by atoms with Crippen LogP contribution in [-0.4, -0.2) is 22.4 Å². The van der Waals surface area contributed by atoms with Crippen molar-refractivity contribution in [1.82, 2.24) is 15.3 Å². The number of carbonyl (C=O) groups excluding carboxylic acids is 1. The molecule has 1 heterocycles. The maximum absolute atomic E-state index is 12.0. The molecule has 5 heteroatoms. The minimum Gasteiger partial charge on any atom is -0.350 e.